The third-order valence-corrected chi connectivity index (χ3v) is 3.65. The van der Waals surface area contributed by atoms with Crippen LogP contribution < -0.4 is 10.9 Å². The maximum absolute atomic E-state index is 12.0. The van der Waals surface area contributed by atoms with Crippen LogP contribution in [0.4, 0.5) is 0 Å². The van der Waals surface area contributed by atoms with E-state index < -0.39 is 5.60 Å². The van der Waals surface area contributed by atoms with Gasteiger partial charge in [0.05, 0.1) is 5.60 Å². The first kappa shape index (κ1) is 14.7. The minimum Gasteiger partial charge on any atom is -0.388 e. The molecule has 0 aromatic carbocycles. The summed E-state index contributed by atoms with van der Waals surface area (Å²) in [6.07, 6.45) is 4.20. The Morgan fingerprint density at radius 3 is 2.80 bits per heavy atom. The fourth-order valence-corrected chi connectivity index (χ4v) is 2.49. The average molecular weight is 279 g/mol. The van der Waals surface area contributed by atoms with Crippen molar-refractivity contribution in [2.75, 3.05) is 6.54 Å². The van der Waals surface area contributed by atoms with Crippen LogP contribution in [0.3, 0.4) is 0 Å². The summed E-state index contributed by atoms with van der Waals surface area (Å²) < 4.78 is 1.29. The van der Waals surface area contributed by atoms with Crippen LogP contribution in [0.5, 0.6) is 0 Å². The van der Waals surface area contributed by atoms with Gasteiger partial charge in [0.2, 0.25) is 0 Å². The lowest BCUT2D eigenvalue weighted by atomic mass is 10.0. The van der Waals surface area contributed by atoms with E-state index in [4.69, 9.17) is 0 Å². The molecule has 2 N–H and O–H groups in total. The number of carbonyl (C=O) groups is 1. The van der Waals surface area contributed by atoms with Crippen molar-refractivity contribution in [3.63, 3.8) is 0 Å². The van der Waals surface area contributed by atoms with E-state index in [0.29, 0.717) is 6.54 Å². The number of nitrogens with zero attached hydrogens (tertiary/aromatic N) is 2. The molecule has 0 saturated heterocycles. The van der Waals surface area contributed by atoms with Crippen molar-refractivity contribution in [2.24, 2.45) is 0 Å². The fraction of sp³-hybridized carbons (Fsp3) is 0.643. The van der Waals surface area contributed by atoms with E-state index in [1.165, 1.54) is 16.8 Å². The van der Waals surface area contributed by atoms with Gasteiger partial charge in [-0.1, -0.05) is 19.8 Å². The number of hydrogen-bond donors (Lipinski definition) is 2. The zero-order chi connectivity index (χ0) is 14.6. The first-order valence-electron chi connectivity index (χ1n) is 7.13. The summed E-state index contributed by atoms with van der Waals surface area (Å²) in [5.41, 5.74) is -0.787. The van der Waals surface area contributed by atoms with Crippen LogP contribution in [0.1, 0.15) is 49.5 Å². The van der Waals surface area contributed by atoms with Crippen LogP contribution in [-0.4, -0.2) is 32.9 Å². The summed E-state index contributed by atoms with van der Waals surface area (Å²) in [5, 5.41) is 16.9. The molecule has 0 unspecified atom stereocenters. The van der Waals surface area contributed by atoms with Gasteiger partial charge in [-0.3, -0.25) is 9.59 Å². The van der Waals surface area contributed by atoms with Crippen LogP contribution in [0.15, 0.2) is 16.9 Å². The minimum absolute atomic E-state index is 0.208. The van der Waals surface area contributed by atoms with Gasteiger partial charge in [-0.25, -0.2) is 4.68 Å². The Bertz CT molecular complexity index is 533. The zero-order valence-corrected chi connectivity index (χ0v) is 11.8. The molecule has 20 heavy (non-hydrogen) atoms. The number of carbonyl (C=O) groups excluding carboxylic acids is 1. The van der Waals surface area contributed by atoms with E-state index in [2.05, 4.69) is 10.4 Å². The molecular weight excluding hydrogens is 258 g/mol. The van der Waals surface area contributed by atoms with Crippen LogP contribution in [0.2, 0.25) is 0 Å². The largest absolute Gasteiger partial charge is 0.388 e. The van der Waals surface area contributed by atoms with E-state index in [1.807, 2.05) is 6.92 Å². The maximum Gasteiger partial charge on any atom is 0.271 e. The number of aliphatic hydroxyl groups is 1. The summed E-state index contributed by atoms with van der Waals surface area (Å²) in [7, 11) is 0. The van der Waals surface area contributed by atoms with Crippen molar-refractivity contribution in [3.05, 3.63) is 28.2 Å². The lowest BCUT2D eigenvalue weighted by Crippen LogP contribution is -2.41. The molecule has 0 radical (unpaired) electrons. The quantitative estimate of drug-likeness (QED) is 0.830. The lowest BCUT2D eigenvalue weighted by Gasteiger charge is -2.22. The molecule has 0 aliphatic heterocycles. The Morgan fingerprint density at radius 2 is 2.15 bits per heavy atom. The van der Waals surface area contributed by atoms with Crippen molar-refractivity contribution in [1.29, 1.82) is 0 Å². The second-order valence-corrected chi connectivity index (χ2v) is 5.39. The van der Waals surface area contributed by atoms with Crippen LogP contribution in [0.25, 0.3) is 0 Å². The molecule has 1 fully saturated rings. The van der Waals surface area contributed by atoms with Gasteiger partial charge in [-0.2, -0.15) is 5.10 Å². The SMILES string of the molecule is CCCn1nc(C(=O)NCC2(O)CCCC2)ccc1=O. The van der Waals surface area contributed by atoms with Gasteiger partial charge in [0.15, 0.2) is 0 Å². The highest BCUT2D eigenvalue weighted by Gasteiger charge is 2.31. The topological polar surface area (TPSA) is 84.2 Å². The molecule has 1 amide bonds. The molecular formula is C14H21N3O3. The lowest BCUT2D eigenvalue weighted by molar-refractivity contribution is 0.0448. The minimum atomic E-state index is -0.784. The Hall–Kier alpha value is -1.69. The summed E-state index contributed by atoms with van der Waals surface area (Å²) in [6, 6.07) is 2.77. The number of aryl methyl sites for hydroxylation is 1. The van der Waals surface area contributed by atoms with Crippen molar-refractivity contribution in [2.45, 2.75) is 51.2 Å². The van der Waals surface area contributed by atoms with Gasteiger partial charge < -0.3 is 10.4 Å². The summed E-state index contributed by atoms with van der Waals surface area (Å²) in [5.74, 6) is -0.352. The third kappa shape index (κ3) is 3.45. The van der Waals surface area contributed by atoms with E-state index in [-0.39, 0.29) is 23.7 Å². The molecule has 0 atom stereocenters. The second kappa shape index (κ2) is 6.17. The highest BCUT2D eigenvalue weighted by molar-refractivity contribution is 5.92. The van der Waals surface area contributed by atoms with Gasteiger partial charge >= 0.3 is 0 Å². The number of amides is 1. The monoisotopic (exact) mass is 279 g/mol. The standard InChI is InChI=1S/C14H21N3O3/c1-2-9-17-12(18)6-5-11(16-17)13(19)15-10-14(20)7-3-4-8-14/h5-6,20H,2-4,7-10H2,1H3,(H,15,19). The molecule has 2 rings (SSSR count). The van der Waals surface area contributed by atoms with E-state index in [0.717, 1.165) is 32.1 Å². The molecule has 0 bridgehead atoms. The van der Waals surface area contributed by atoms with Crippen molar-refractivity contribution < 1.29 is 9.90 Å². The Labute approximate surface area is 117 Å². The number of nitrogens with one attached hydrogen (secondary N) is 1. The average Bonchev–Trinajstić information content (AvgIpc) is 2.86. The van der Waals surface area contributed by atoms with Crippen molar-refractivity contribution in [1.82, 2.24) is 15.1 Å². The smallest absolute Gasteiger partial charge is 0.271 e. The van der Waals surface area contributed by atoms with Gasteiger partial charge in [0.1, 0.15) is 5.69 Å². The molecule has 1 heterocycles. The molecule has 1 saturated carbocycles. The summed E-state index contributed by atoms with van der Waals surface area (Å²) in [6.45, 7) is 2.67. The Kier molecular flexibility index (Phi) is 4.54. The van der Waals surface area contributed by atoms with Crippen LogP contribution >= 0.6 is 0 Å². The molecule has 6 nitrogen and oxygen atoms in total. The predicted molar refractivity (Wildman–Crippen MR) is 74.5 cm³/mol. The van der Waals surface area contributed by atoms with Crippen molar-refractivity contribution in [3.8, 4) is 0 Å². The normalized spacial score (nSPS) is 17.1. The molecule has 1 aromatic heterocycles. The molecule has 1 aliphatic carbocycles. The molecule has 1 aromatic rings. The first-order chi connectivity index (χ1) is 9.54. The Balaban J connectivity index is 2.01. The maximum atomic E-state index is 12.0. The van der Waals surface area contributed by atoms with E-state index in [1.54, 1.807) is 0 Å². The van der Waals surface area contributed by atoms with Gasteiger partial charge in [0, 0.05) is 19.2 Å². The zero-order valence-electron chi connectivity index (χ0n) is 11.8. The fourth-order valence-electron chi connectivity index (χ4n) is 2.49. The predicted octanol–water partition coefficient (Wildman–Crippen LogP) is 0.688. The first-order valence-corrected chi connectivity index (χ1v) is 7.13. The summed E-state index contributed by atoms with van der Waals surface area (Å²) >= 11 is 0. The van der Waals surface area contributed by atoms with E-state index in [9.17, 15) is 14.7 Å². The second-order valence-electron chi connectivity index (χ2n) is 5.39. The third-order valence-electron chi connectivity index (χ3n) is 3.65. The van der Waals surface area contributed by atoms with Crippen molar-refractivity contribution >= 4 is 5.91 Å². The van der Waals surface area contributed by atoms with Gasteiger partial charge in [-0.15, -0.1) is 0 Å². The van der Waals surface area contributed by atoms with E-state index >= 15 is 0 Å². The molecule has 0 spiro atoms. The van der Waals surface area contributed by atoms with Crippen LogP contribution in [0, 0.1) is 0 Å². The van der Waals surface area contributed by atoms with Gasteiger partial charge in [-0.05, 0) is 25.3 Å². The molecule has 6 heteroatoms. The summed E-state index contributed by atoms with van der Waals surface area (Å²) in [4.78, 5) is 23.5. The molecule has 110 valence electrons. The number of rotatable bonds is 5. The van der Waals surface area contributed by atoms with Crippen LogP contribution in [-0.2, 0) is 6.54 Å². The number of hydrogen-bond acceptors (Lipinski definition) is 4. The highest BCUT2D eigenvalue weighted by Crippen LogP contribution is 2.28. The number of aromatic nitrogens is 2. The molecule has 1 aliphatic rings. The highest BCUT2D eigenvalue weighted by atomic mass is 16.3. The van der Waals surface area contributed by atoms with Gasteiger partial charge in [0.25, 0.3) is 11.5 Å². The Morgan fingerprint density at radius 1 is 1.45 bits per heavy atom.